The molecule has 2 aliphatic heterocycles. The highest BCUT2D eigenvalue weighted by molar-refractivity contribution is 6.39. The third-order valence-corrected chi connectivity index (χ3v) is 13.5. The van der Waals surface area contributed by atoms with Crippen LogP contribution in [-0.2, 0) is 27.4 Å². The second-order valence-corrected chi connectivity index (χ2v) is 19.2. The smallest absolute Gasteiger partial charge is 0.410 e. The van der Waals surface area contributed by atoms with Crippen molar-refractivity contribution >= 4 is 52.5 Å². The number of halogens is 4. The molecular formula is C43H48Cl4N4O6. The van der Waals surface area contributed by atoms with Gasteiger partial charge in [-0.25, -0.2) is 4.79 Å². The van der Waals surface area contributed by atoms with Crippen LogP contribution in [0, 0.1) is 11.8 Å². The van der Waals surface area contributed by atoms with Crippen LogP contribution in [0.25, 0.3) is 22.5 Å². The van der Waals surface area contributed by atoms with Crippen molar-refractivity contribution in [3.05, 3.63) is 79.1 Å². The first kappa shape index (κ1) is 39.6. The van der Waals surface area contributed by atoms with Crippen LogP contribution in [0.15, 0.2) is 45.4 Å². The number of piperidine rings is 2. The highest BCUT2D eigenvalue weighted by Gasteiger charge is 2.48. The van der Waals surface area contributed by atoms with Gasteiger partial charge in [-0.1, -0.05) is 68.8 Å². The van der Waals surface area contributed by atoms with Gasteiger partial charge in [0.2, 0.25) is 0 Å². The molecule has 2 saturated heterocycles. The molecule has 57 heavy (non-hydrogen) atoms. The molecule has 2 aromatic carbocycles. The summed E-state index contributed by atoms with van der Waals surface area (Å²) in [4.78, 5) is 14.4. The molecular weight excluding hydrogens is 810 g/mol. The Bertz CT molecular complexity index is 2090. The fourth-order valence-corrected chi connectivity index (χ4v) is 10.3. The molecule has 10 nitrogen and oxygen atoms in total. The molecule has 10 rings (SSSR count). The van der Waals surface area contributed by atoms with Gasteiger partial charge in [0.25, 0.3) is 0 Å². The van der Waals surface area contributed by atoms with Gasteiger partial charge in [-0.2, -0.15) is 0 Å². The van der Waals surface area contributed by atoms with Crippen LogP contribution in [0.1, 0.15) is 107 Å². The van der Waals surface area contributed by atoms with E-state index in [1.54, 1.807) is 12.1 Å². The van der Waals surface area contributed by atoms with Crippen molar-refractivity contribution in [1.29, 1.82) is 0 Å². The zero-order valence-corrected chi connectivity index (χ0v) is 35.4. The number of hydrogen-bond acceptors (Lipinski definition) is 9. The highest BCUT2D eigenvalue weighted by atomic mass is 35.5. The number of rotatable bonds is 10. The van der Waals surface area contributed by atoms with Gasteiger partial charge in [-0.15, -0.1) is 0 Å². The largest absolute Gasteiger partial charge is 0.444 e. The van der Waals surface area contributed by atoms with Crippen molar-refractivity contribution in [2.45, 2.75) is 127 Å². The fraction of sp³-hybridized carbons (Fsp3) is 0.558. The minimum absolute atomic E-state index is 0.0928. The van der Waals surface area contributed by atoms with E-state index in [4.69, 9.17) is 69.7 Å². The zero-order chi connectivity index (χ0) is 39.6. The van der Waals surface area contributed by atoms with Gasteiger partial charge in [0.05, 0.1) is 45.5 Å². The molecule has 0 spiro atoms. The van der Waals surface area contributed by atoms with E-state index < -0.39 is 5.60 Å². The van der Waals surface area contributed by atoms with E-state index >= 15 is 0 Å². The number of benzene rings is 2. The topological polar surface area (TPSA) is 112 Å². The average molecular weight is 859 g/mol. The summed E-state index contributed by atoms with van der Waals surface area (Å²) in [7, 11) is 0. The number of hydrogen-bond donors (Lipinski definition) is 1. The quantitative estimate of drug-likeness (QED) is 0.167. The van der Waals surface area contributed by atoms with Gasteiger partial charge < -0.3 is 33.5 Å². The Morgan fingerprint density at radius 2 is 1.26 bits per heavy atom. The lowest BCUT2D eigenvalue weighted by Gasteiger charge is -2.33. The first-order valence-electron chi connectivity index (χ1n) is 20.2. The Hall–Kier alpha value is -2.83. The number of nitrogens with one attached hydrogen (secondary N) is 1. The second-order valence-electron chi connectivity index (χ2n) is 17.5. The van der Waals surface area contributed by atoms with Crippen molar-refractivity contribution in [3.8, 4) is 22.5 Å². The summed E-state index contributed by atoms with van der Waals surface area (Å²) in [6.45, 7) is 8.33. The van der Waals surface area contributed by atoms with Crippen molar-refractivity contribution in [3.63, 3.8) is 0 Å². The summed E-state index contributed by atoms with van der Waals surface area (Å²) in [5.41, 5.74) is 4.31. The molecule has 2 aromatic heterocycles. The number of amides is 1. The lowest BCUT2D eigenvalue weighted by atomic mass is 10.0. The molecule has 4 aliphatic carbocycles. The van der Waals surface area contributed by atoms with Crippen molar-refractivity contribution in [1.82, 2.24) is 20.5 Å². The van der Waals surface area contributed by atoms with Gasteiger partial charge >= 0.3 is 6.09 Å². The summed E-state index contributed by atoms with van der Waals surface area (Å²) in [6, 6.07) is 11.7. The normalized spacial score (nSPS) is 26.3. The third-order valence-electron chi connectivity index (χ3n) is 12.2. The molecule has 6 aliphatic rings. The van der Waals surface area contributed by atoms with Gasteiger partial charge in [-0.05, 0) is 102 Å². The van der Waals surface area contributed by atoms with Crippen molar-refractivity contribution in [2.24, 2.45) is 11.8 Å². The molecule has 14 heteroatoms. The molecule has 6 fully saturated rings. The van der Waals surface area contributed by atoms with Crippen LogP contribution in [0.4, 0.5) is 4.79 Å². The number of nitrogens with zero attached hydrogens (tertiary/aromatic N) is 3. The first-order chi connectivity index (χ1) is 27.4. The predicted octanol–water partition coefficient (Wildman–Crippen LogP) is 11.2. The summed E-state index contributed by atoms with van der Waals surface area (Å²) in [6.07, 6.45) is 8.76. The van der Waals surface area contributed by atoms with Crippen LogP contribution >= 0.6 is 46.4 Å². The number of likely N-dealkylation sites (tertiary alicyclic amines) is 1. The second kappa shape index (κ2) is 16.0. The van der Waals surface area contributed by atoms with Gasteiger partial charge in [0, 0.05) is 65.2 Å². The Morgan fingerprint density at radius 1 is 0.754 bits per heavy atom. The molecule has 4 saturated carbocycles. The van der Waals surface area contributed by atoms with Gasteiger partial charge in [0.1, 0.15) is 28.5 Å². The van der Waals surface area contributed by atoms with Crippen molar-refractivity contribution in [2.75, 3.05) is 13.1 Å². The van der Waals surface area contributed by atoms with Crippen LogP contribution in [0.5, 0.6) is 0 Å². The maximum atomic E-state index is 12.5. The summed E-state index contributed by atoms with van der Waals surface area (Å²) in [5.74, 6) is 3.62. The van der Waals surface area contributed by atoms with E-state index in [1.165, 1.54) is 6.42 Å². The SMILES string of the molecule is CC(C)(C)OC(=O)N1CC2CC1CC2OCc1c(-c2c(Cl)cccc2Cl)noc1C1CC1.Clc1cccc(Cl)c1-c1noc(C2CC2)c1COC1CC2CC1CN2. The summed E-state index contributed by atoms with van der Waals surface area (Å²) >= 11 is 25.7. The first-order valence-corrected chi connectivity index (χ1v) is 21.7. The lowest BCUT2D eigenvalue weighted by molar-refractivity contribution is -0.0219. The van der Waals surface area contributed by atoms with E-state index in [2.05, 4.69) is 15.6 Å². The molecule has 304 valence electrons. The maximum absolute atomic E-state index is 12.5. The molecule has 1 amide bonds. The lowest BCUT2D eigenvalue weighted by Crippen LogP contribution is -2.44. The Kier molecular flexibility index (Phi) is 11.1. The summed E-state index contributed by atoms with van der Waals surface area (Å²) in [5, 5.41) is 14.5. The Balaban J connectivity index is 0.000000153. The van der Waals surface area contributed by atoms with Crippen LogP contribution in [-0.4, -0.2) is 64.3 Å². The number of carbonyl (C=O) groups is 1. The molecule has 4 aromatic rings. The standard InChI is InChI=1S/C24H28Cl2N2O4.C19H20Cl2N2O2/c1-24(2,3)31-23(29)28-11-14-9-15(28)10-19(14)30-12-16-21(27-32-22(16)13-7-8-13)20-17(25)5-4-6-18(20)26;20-14-2-1-3-15(21)17(14)18-13(19(25-23-18)10-4-5-10)9-24-16-7-12-6-11(16)8-22-12/h4-6,13-15,19H,7-12H2,1-3H3;1-3,10-12,16,22H,4-9H2. The van der Waals surface area contributed by atoms with Crippen molar-refractivity contribution < 1.29 is 28.1 Å². The molecule has 4 bridgehead atoms. The van der Waals surface area contributed by atoms with E-state index in [0.717, 1.165) is 85.4 Å². The van der Waals surface area contributed by atoms with Gasteiger partial charge in [-0.3, -0.25) is 0 Å². The predicted molar refractivity (Wildman–Crippen MR) is 219 cm³/mol. The van der Waals surface area contributed by atoms with Crippen LogP contribution in [0.3, 0.4) is 0 Å². The molecule has 6 unspecified atom stereocenters. The number of fused-ring (bicyclic) bond motifs is 4. The average Bonchev–Trinajstić information content (AvgIpc) is 3.79. The van der Waals surface area contributed by atoms with E-state index in [9.17, 15) is 4.79 Å². The summed E-state index contributed by atoms with van der Waals surface area (Å²) < 4.78 is 29.7. The minimum atomic E-state index is -0.487. The number of carbonyl (C=O) groups excluding carboxylic acids is 1. The van der Waals surface area contributed by atoms with Gasteiger partial charge in [0.15, 0.2) is 0 Å². The Labute approximate surface area is 353 Å². The number of ether oxygens (including phenoxy) is 3. The fourth-order valence-electron chi connectivity index (χ4n) is 9.12. The van der Waals surface area contributed by atoms with Crippen LogP contribution in [0.2, 0.25) is 20.1 Å². The molecule has 6 atom stereocenters. The van der Waals surface area contributed by atoms with E-state index in [1.807, 2.05) is 49.9 Å². The highest BCUT2D eigenvalue weighted by Crippen LogP contribution is 2.49. The molecule has 4 heterocycles. The monoisotopic (exact) mass is 856 g/mol. The van der Waals surface area contributed by atoms with E-state index in [-0.39, 0.29) is 18.2 Å². The van der Waals surface area contributed by atoms with E-state index in [0.29, 0.717) is 86.9 Å². The third kappa shape index (κ3) is 8.34. The molecule has 0 radical (unpaired) electrons. The Morgan fingerprint density at radius 3 is 1.67 bits per heavy atom. The molecule has 1 N–H and O–H groups in total. The van der Waals surface area contributed by atoms with Crippen LogP contribution < -0.4 is 5.32 Å². The number of aromatic nitrogens is 2. The maximum Gasteiger partial charge on any atom is 0.410 e. The zero-order valence-electron chi connectivity index (χ0n) is 32.4. The minimum Gasteiger partial charge on any atom is -0.444 e.